The summed E-state index contributed by atoms with van der Waals surface area (Å²) >= 11 is 5.26. The van der Waals surface area contributed by atoms with Crippen LogP contribution in [0.2, 0.25) is 0 Å². The largest absolute Gasteiger partial charge is 0.324 e. The maximum absolute atomic E-state index is 6.20. The summed E-state index contributed by atoms with van der Waals surface area (Å²) in [6.07, 6.45) is 2.65. The molecule has 0 bridgehead atoms. The van der Waals surface area contributed by atoms with E-state index in [1.54, 1.807) is 17.5 Å². The van der Waals surface area contributed by atoms with Crippen LogP contribution in [0, 0.1) is 6.92 Å². The number of nitrogens with zero attached hydrogens (tertiary/aromatic N) is 1. The number of halogens is 1. The van der Waals surface area contributed by atoms with E-state index in [1.807, 2.05) is 13.0 Å². The molecule has 2 heterocycles. The van der Waals surface area contributed by atoms with Crippen LogP contribution in [0.5, 0.6) is 0 Å². The second-order valence-corrected chi connectivity index (χ2v) is 5.54. The van der Waals surface area contributed by atoms with Crippen molar-refractivity contribution in [2.45, 2.75) is 19.4 Å². The first-order chi connectivity index (χ1) is 7.68. The number of rotatable bonds is 3. The summed E-state index contributed by atoms with van der Waals surface area (Å²) < 4.78 is 1.15. The third kappa shape index (κ3) is 2.51. The quantitative estimate of drug-likeness (QED) is 0.942. The summed E-state index contributed by atoms with van der Waals surface area (Å²) in [5.41, 5.74) is 8.35. The van der Waals surface area contributed by atoms with Crippen LogP contribution in [0.4, 0.5) is 0 Å². The van der Waals surface area contributed by atoms with Gasteiger partial charge < -0.3 is 5.73 Å². The normalized spacial score (nSPS) is 12.7. The van der Waals surface area contributed by atoms with E-state index in [4.69, 9.17) is 5.73 Å². The molecule has 0 spiro atoms. The molecule has 4 heteroatoms. The van der Waals surface area contributed by atoms with Gasteiger partial charge in [0.1, 0.15) is 0 Å². The fraction of sp³-hybridized carbons (Fsp3) is 0.250. The van der Waals surface area contributed by atoms with Crippen molar-refractivity contribution < 1.29 is 0 Å². The van der Waals surface area contributed by atoms with Crippen molar-refractivity contribution in [3.05, 3.63) is 50.4 Å². The lowest BCUT2D eigenvalue weighted by Crippen LogP contribution is -2.14. The van der Waals surface area contributed by atoms with Gasteiger partial charge in [0, 0.05) is 33.7 Å². The molecule has 2 rings (SSSR count). The Morgan fingerprint density at radius 3 is 2.94 bits per heavy atom. The highest BCUT2D eigenvalue weighted by atomic mass is 79.9. The summed E-state index contributed by atoms with van der Waals surface area (Å²) in [4.78, 5) is 5.55. The van der Waals surface area contributed by atoms with E-state index >= 15 is 0 Å². The van der Waals surface area contributed by atoms with Gasteiger partial charge in [-0.15, -0.1) is 11.3 Å². The summed E-state index contributed by atoms with van der Waals surface area (Å²) in [6.45, 7) is 2.00. The van der Waals surface area contributed by atoms with Crippen LogP contribution < -0.4 is 5.73 Å². The monoisotopic (exact) mass is 296 g/mol. The van der Waals surface area contributed by atoms with Crippen molar-refractivity contribution in [3.8, 4) is 0 Å². The lowest BCUT2D eigenvalue weighted by molar-refractivity contribution is 0.717. The molecule has 0 fully saturated rings. The van der Waals surface area contributed by atoms with Crippen molar-refractivity contribution in [1.29, 1.82) is 0 Å². The number of aromatic nitrogens is 1. The molecule has 2 aromatic heterocycles. The van der Waals surface area contributed by atoms with Crippen LogP contribution in [0.25, 0.3) is 0 Å². The average Bonchev–Trinajstić information content (AvgIpc) is 2.65. The molecular formula is C12H13BrN2S. The molecule has 0 saturated carbocycles. The maximum Gasteiger partial charge on any atom is 0.0420 e. The average molecular weight is 297 g/mol. The lowest BCUT2D eigenvalue weighted by atomic mass is 10.0. The van der Waals surface area contributed by atoms with Crippen LogP contribution >= 0.6 is 27.3 Å². The van der Waals surface area contributed by atoms with Crippen molar-refractivity contribution in [2.24, 2.45) is 5.73 Å². The SMILES string of the molecule is Cc1ncccc1C(N)Cc1sccc1Br. The van der Waals surface area contributed by atoms with E-state index in [0.29, 0.717) is 0 Å². The second kappa shape index (κ2) is 5.08. The minimum absolute atomic E-state index is 0.0173. The topological polar surface area (TPSA) is 38.9 Å². The molecule has 0 radical (unpaired) electrons. The van der Waals surface area contributed by atoms with E-state index in [9.17, 15) is 0 Å². The first kappa shape index (κ1) is 11.8. The summed E-state index contributed by atoms with van der Waals surface area (Å²) in [5, 5.41) is 2.07. The van der Waals surface area contributed by atoms with Crippen molar-refractivity contribution in [2.75, 3.05) is 0 Å². The van der Waals surface area contributed by atoms with Gasteiger partial charge in [-0.05, 0) is 45.9 Å². The van der Waals surface area contributed by atoms with Gasteiger partial charge in [-0.3, -0.25) is 4.98 Å². The molecule has 0 aliphatic heterocycles. The standard InChI is InChI=1S/C12H13BrN2S/c1-8-9(3-2-5-15-8)11(14)7-12-10(13)4-6-16-12/h2-6,11H,7,14H2,1H3. The van der Waals surface area contributed by atoms with E-state index < -0.39 is 0 Å². The first-order valence-electron chi connectivity index (χ1n) is 5.07. The molecule has 0 aliphatic rings. The van der Waals surface area contributed by atoms with Gasteiger partial charge in [0.15, 0.2) is 0 Å². The molecule has 0 aliphatic carbocycles. The Kier molecular flexibility index (Phi) is 3.74. The number of thiophene rings is 1. The minimum Gasteiger partial charge on any atom is -0.324 e. The van der Waals surface area contributed by atoms with Crippen LogP contribution in [-0.4, -0.2) is 4.98 Å². The second-order valence-electron chi connectivity index (χ2n) is 3.68. The zero-order valence-corrected chi connectivity index (χ0v) is 11.4. The molecule has 84 valence electrons. The molecule has 2 nitrogen and oxygen atoms in total. The molecule has 0 amide bonds. The van der Waals surface area contributed by atoms with Crippen molar-refractivity contribution in [1.82, 2.24) is 4.98 Å². The van der Waals surface area contributed by atoms with E-state index in [0.717, 1.165) is 22.2 Å². The zero-order valence-electron chi connectivity index (χ0n) is 8.98. The Morgan fingerprint density at radius 1 is 1.50 bits per heavy atom. The van der Waals surface area contributed by atoms with Crippen LogP contribution in [-0.2, 0) is 6.42 Å². The molecule has 0 aromatic carbocycles. The number of hydrogen-bond donors (Lipinski definition) is 1. The Bertz CT molecular complexity index is 481. The predicted octanol–water partition coefficient (Wildman–Crippen LogP) is 3.46. The summed E-state index contributed by atoms with van der Waals surface area (Å²) in [6, 6.07) is 6.06. The number of pyridine rings is 1. The molecule has 16 heavy (non-hydrogen) atoms. The molecule has 1 atom stereocenters. The predicted molar refractivity (Wildman–Crippen MR) is 71.6 cm³/mol. The van der Waals surface area contributed by atoms with E-state index in [1.165, 1.54) is 4.88 Å². The summed E-state index contributed by atoms with van der Waals surface area (Å²) in [5.74, 6) is 0. The molecule has 2 aromatic rings. The van der Waals surface area contributed by atoms with Gasteiger partial charge in [0.25, 0.3) is 0 Å². The molecule has 0 saturated heterocycles. The number of aryl methyl sites for hydroxylation is 1. The van der Waals surface area contributed by atoms with E-state index in [-0.39, 0.29) is 6.04 Å². The highest BCUT2D eigenvalue weighted by molar-refractivity contribution is 9.10. The Balaban J connectivity index is 2.18. The zero-order chi connectivity index (χ0) is 11.5. The van der Waals surface area contributed by atoms with Crippen LogP contribution in [0.15, 0.2) is 34.2 Å². The van der Waals surface area contributed by atoms with Gasteiger partial charge in [0.2, 0.25) is 0 Å². The minimum atomic E-state index is 0.0173. The maximum atomic E-state index is 6.20. The first-order valence-corrected chi connectivity index (χ1v) is 6.74. The van der Waals surface area contributed by atoms with Crippen LogP contribution in [0.3, 0.4) is 0 Å². The third-order valence-corrected chi connectivity index (χ3v) is 4.49. The lowest BCUT2D eigenvalue weighted by Gasteiger charge is -2.13. The van der Waals surface area contributed by atoms with Gasteiger partial charge >= 0.3 is 0 Å². The fourth-order valence-electron chi connectivity index (χ4n) is 1.67. The van der Waals surface area contributed by atoms with Crippen LogP contribution in [0.1, 0.15) is 22.2 Å². The molecule has 1 unspecified atom stereocenters. The van der Waals surface area contributed by atoms with E-state index in [2.05, 4.69) is 38.4 Å². The van der Waals surface area contributed by atoms with Crippen molar-refractivity contribution in [3.63, 3.8) is 0 Å². The Hall–Kier alpha value is -0.710. The Morgan fingerprint density at radius 2 is 2.31 bits per heavy atom. The highest BCUT2D eigenvalue weighted by Gasteiger charge is 2.12. The summed E-state index contributed by atoms with van der Waals surface area (Å²) in [7, 11) is 0. The molecular weight excluding hydrogens is 284 g/mol. The number of nitrogens with two attached hydrogens (primary N) is 1. The number of hydrogen-bond acceptors (Lipinski definition) is 3. The van der Waals surface area contributed by atoms with Crippen molar-refractivity contribution >= 4 is 27.3 Å². The van der Waals surface area contributed by atoms with Gasteiger partial charge in [0.05, 0.1) is 0 Å². The Labute approximate surface area is 108 Å². The van der Waals surface area contributed by atoms with Gasteiger partial charge in [-0.1, -0.05) is 6.07 Å². The smallest absolute Gasteiger partial charge is 0.0420 e. The fourth-order valence-corrected chi connectivity index (χ4v) is 3.24. The third-order valence-electron chi connectivity index (χ3n) is 2.54. The van der Waals surface area contributed by atoms with Gasteiger partial charge in [-0.2, -0.15) is 0 Å². The molecule has 2 N–H and O–H groups in total. The highest BCUT2D eigenvalue weighted by Crippen LogP contribution is 2.27. The van der Waals surface area contributed by atoms with Gasteiger partial charge in [-0.25, -0.2) is 0 Å².